The third-order valence-corrected chi connectivity index (χ3v) is 3.20. The summed E-state index contributed by atoms with van der Waals surface area (Å²) in [7, 11) is 0. The van der Waals surface area contributed by atoms with Crippen LogP contribution in [0.15, 0.2) is 24.3 Å². The molecule has 1 aliphatic rings. The van der Waals surface area contributed by atoms with Crippen LogP contribution in [0.3, 0.4) is 0 Å². The lowest BCUT2D eigenvalue weighted by atomic mass is 10.1. The van der Waals surface area contributed by atoms with Gasteiger partial charge in [-0.05, 0) is 30.9 Å². The monoisotopic (exact) mass is 241 g/mol. The van der Waals surface area contributed by atoms with Gasteiger partial charge in [-0.2, -0.15) is 15.0 Å². The number of aromatic nitrogens is 3. The molecule has 0 radical (unpaired) electrons. The Hall–Kier alpha value is -2.17. The Morgan fingerprint density at radius 3 is 2.89 bits per heavy atom. The van der Waals surface area contributed by atoms with E-state index < -0.39 is 0 Å². The number of aryl methyl sites for hydroxylation is 2. The second-order valence-electron chi connectivity index (χ2n) is 4.50. The van der Waals surface area contributed by atoms with Gasteiger partial charge in [-0.1, -0.05) is 24.3 Å². The number of nitrogens with two attached hydrogens (primary N) is 1. The van der Waals surface area contributed by atoms with Crippen LogP contribution in [0.2, 0.25) is 0 Å². The Balaban J connectivity index is 1.86. The minimum Gasteiger partial charge on any atom is -0.368 e. The summed E-state index contributed by atoms with van der Waals surface area (Å²) in [4.78, 5) is 12.3. The Labute approximate surface area is 105 Å². The maximum Gasteiger partial charge on any atom is 0.228 e. The topological polar surface area (TPSA) is 76.7 Å². The smallest absolute Gasteiger partial charge is 0.228 e. The third kappa shape index (κ3) is 1.99. The van der Waals surface area contributed by atoms with Crippen LogP contribution in [-0.2, 0) is 6.42 Å². The molecule has 1 aromatic carbocycles. The summed E-state index contributed by atoms with van der Waals surface area (Å²) in [5.41, 5.74) is 8.35. The molecule has 3 rings (SSSR count). The predicted octanol–water partition coefficient (Wildman–Crippen LogP) is 1.86. The molecule has 92 valence electrons. The molecule has 18 heavy (non-hydrogen) atoms. The average Bonchev–Trinajstić information content (AvgIpc) is 2.72. The van der Waals surface area contributed by atoms with E-state index in [9.17, 15) is 0 Å². The highest BCUT2D eigenvalue weighted by molar-refractivity contribution is 5.41. The zero-order valence-corrected chi connectivity index (χ0v) is 10.2. The molecule has 1 aliphatic carbocycles. The number of rotatable bonds is 2. The summed E-state index contributed by atoms with van der Waals surface area (Å²) < 4.78 is 0. The molecule has 1 atom stereocenters. The molecule has 5 nitrogen and oxygen atoms in total. The molecule has 5 heteroatoms. The fourth-order valence-electron chi connectivity index (χ4n) is 2.43. The van der Waals surface area contributed by atoms with Crippen LogP contribution in [0, 0.1) is 6.92 Å². The van der Waals surface area contributed by atoms with E-state index in [-0.39, 0.29) is 12.0 Å². The fraction of sp³-hybridized carbons (Fsp3) is 0.308. The molecular formula is C13H15N5. The van der Waals surface area contributed by atoms with Crippen LogP contribution < -0.4 is 11.1 Å². The van der Waals surface area contributed by atoms with Crippen molar-refractivity contribution in [3.05, 3.63) is 41.2 Å². The Morgan fingerprint density at radius 1 is 1.22 bits per heavy atom. The van der Waals surface area contributed by atoms with E-state index in [1.807, 2.05) is 6.92 Å². The average molecular weight is 241 g/mol. The number of nitrogen functional groups attached to an aromatic ring is 1. The summed E-state index contributed by atoms with van der Waals surface area (Å²) in [6.07, 6.45) is 2.15. The highest BCUT2D eigenvalue weighted by Gasteiger charge is 2.22. The summed E-state index contributed by atoms with van der Waals surface area (Å²) in [6.45, 7) is 1.81. The van der Waals surface area contributed by atoms with Gasteiger partial charge in [0.15, 0.2) is 0 Å². The van der Waals surface area contributed by atoms with E-state index in [0.717, 1.165) is 12.8 Å². The number of nitrogens with one attached hydrogen (secondary N) is 1. The molecule has 0 amide bonds. The van der Waals surface area contributed by atoms with Crippen LogP contribution in [0.5, 0.6) is 0 Å². The zero-order chi connectivity index (χ0) is 12.5. The Kier molecular flexibility index (Phi) is 2.59. The van der Waals surface area contributed by atoms with E-state index in [2.05, 4.69) is 44.5 Å². The van der Waals surface area contributed by atoms with Crippen molar-refractivity contribution < 1.29 is 0 Å². The molecule has 0 fully saturated rings. The number of hydrogen-bond acceptors (Lipinski definition) is 5. The van der Waals surface area contributed by atoms with Gasteiger partial charge in [0.25, 0.3) is 0 Å². The van der Waals surface area contributed by atoms with Crippen molar-refractivity contribution in [3.8, 4) is 0 Å². The second kappa shape index (κ2) is 4.25. The fourth-order valence-corrected chi connectivity index (χ4v) is 2.43. The minimum atomic E-state index is 0.260. The molecule has 0 aliphatic heterocycles. The van der Waals surface area contributed by atoms with Crippen molar-refractivity contribution in [2.75, 3.05) is 11.1 Å². The standard InChI is InChI=1S/C13H15N5/c1-8-15-12(14)18-13(16-8)17-11-7-6-9-4-2-3-5-10(9)11/h2-5,11H,6-7H2,1H3,(H3,14,15,16,17,18). The number of benzene rings is 1. The Bertz CT molecular complexity index is 561. The summed E-state index contributed by atoms with van der Waals surface area (Å²) in [5, 5.41) is 3.34. The molecule has 0 bridgehead atoms. The normalized spacial score (nSPS) is 17.5. The van der Waals surface area contributed by atoms with Gasteiger partial charge < -0.3 is 11.1 Å². The van der Waals surface area contributed by atoms with Crippen molar-refractivity contribution in [1.82, 2.24) is 15.0 Å². The van der Waals surface area contributed by atoms with Crippen LogP contribution in [0.4, 0.5) is 11.9 Å². The number of nitrogens with zero attached hydrogens (tertiary/aromatic N) is 3. The Morgan fingerprint density at radius 2 is 2.06 bits per heavy atom. The first kappa shape index (κ1) is 11.0. The maximum atomic E-state index is 5.63. The van der Waals surface area contributed by atoms with Gasteiger partial charge in [-0.3, -0.25) is 0 Å². The molecule has 2 aromatic rings. The van der Waals surface area contributed by atoms with Crippen molar-refractivity contribution in [2.45, 2.75) is 25.8 Å². The van der Waals surface area contributed by atoms with E-state index >= 15 is 0 Å². The highest BCUT2D eigenvalue weighted by atomic mass is 15.2. The van der Waals surface area contributed by atoms with Gasteiger partial charge in [0, 0.05) is 0 Å². The first-order chi connectivity index (χ1) is 8.72. The number of anilines is 2. The van der Waals surface area contributed by atoms with E-state index in [4.69, 9.17) is 5.73 Å². The van der Waals surface area contributed by atoms with Crippen molar-refractivity contribution in [1.29, 1.82) is 0 Å². The largest absolute Gasteiger partial charge is 0.368 e. The summed E-state index contributed by atoms with van der Waals surface area (Å²) in [5.74, 6) is 1.45. The number of fused-ring (bicyclic) bond motifs is 1. The van der Waals surface area contributed by atoms with Gasteiger partial charge in [-0.25, -0.2) is 0 Å². The first-order valence-electron chi connectivity index (χ1n) is 6.05. The van der Waals surface area contributed by atoms with Gasteiger partial charge >= 0.3 is 0 Å². The van der Waals surface area contributed by atoms with Crippen molar-refractivity contribution >= 4 is 11.9 Å². The van der Waals surface area contributed by atoms with Crippen LogP contribution in [0.1, 0.15) is 29.4 Å². The third-order valence-electron chi connectivity index (χ3n) is 3.20. The lowest BCUT2D eigenvalue weighted by Gasteiger charge is -2.14. The summed E-state index contributed by atoms with van der Waals surface area (Å²) >= 11 is 0. The van der Waals surface area contributed by atoms with Gasteiger partial charge in [0.2, 0.25) is 11.9 Å². The van der Waals surface area contributed by atoms with Crippen LogP contribution in [-0.4, -0.2) is 15.0 Å². The minimum absolute atomic E-state index is 0.260. The van der Waals surface area contributed by atoms with Crippen LogP contribution in [0.25, 0.3) is 0 Å². The van der Waals surface area contributed by atoms with E-state index in [1.54, 1.807) is 0 Å². The zero-order valence-electron chi connectivity index (χ0n) is 10.2. The number of hydrogen-bond donors (Lipinski definition) is 2. The molecule has 0 saturated heterocycles. The van der Waals surface area contributed by atoms with Crippen LogP contribution >= 0.6 is 0 Å². The second-order valence-corrected chi connectivity index (χ2v) is 4.50. The molecular weight excluding hydrogens is 226 g/mol. The summed E-state index contributed by atoms with van der Waals surface area (Å²) in [6, 6.07) is 8.72. The van der Waals surface area contributed by atoms with E-state index in [1.165, 1.54) is 11.1 Å². The van der Waals surface area contributed by atoms with Gasteiger partial charge in [0.1, 0.15) is 5.82 Å². The van der Waals surface area contributed by atoms with Crippen molar-refractivity contribution in [3.63, 3.8) is 0 Å². The lowest BCUT2D eigenvalue weighted by molar-refractivity contribution is 0.747. The first-order valence-corrected chi connectivity index (χ1v) is 6.05. The molecule has 1 heterocycles. The molecule has 0 saturated carbocycles. The predicted molar refractivity (Wildman–Crippen MR) is 70.1 cm³/mol. The quantitative estimate of drug-likeness (QED) is 0.839. The lowest BCUT2D eigenvalue weighted by Crippen LogP contribution is -2.12. The molecule has 1 unspecified atom stereocenters. The SMILES string of the molecule is Cc1nc(N)nc(NC2CCc3ccccc32)n1. The van der Waals surface area contributed by atoms with Crippen molar-refractivity contribution in [2.24, 2.45) is 0 Å². The maximum absolute atomic E-state index is 5.63. The van der Waals surface area contributed by atoms with E-state index in [0.29, 0.717) is 11.8 Å². The van der Waals surface area contributed by atoms with Gasteiger partial charge in [0.05, 0.1) is 6.04 Å². The van der Waals surface area contributed by atoms with Gasteiger partial charge in [-0.15, -0.1) is 0 Å². The highest BCUT2D eigenvalue weighted by Crippen LogP contribution is 2.32. The molecule has 1 aromatic heterocycles. The molecule has 3 N–H and O–H groups in total. The molecule has 0 spiro atoms.